The third-order valence-corrected chi connectivity index (χ3v) is 3.11. The van der Waals surface area contributed by atoms with Crippen molar-refractivity contribution >= 4 is 13.5 Å². The second-order valence-corrected chi connectivity index (χ2v) is 5.52. The second kappa shape index (κ2) is 5.46. The molecule has 0 aliphatic carbocycles. The zero-order valence-electron chi connectivity index (χ0n) is 8.10. The van der Waals surface area contributed by atoms with Crippen molar-refractivity contribution in [2.75, 3.05) is 6.54 Å². The van der Waals surface area contributed by atoms with E-state index in [1.807, 2.05) is 0 Å². The lowest BCUT2D eigenvalue weighted by atomic mass is 10.1. The Morgan fingerprint density at radius 2 is 2.07 bits per heavy atom. The number of aliphatic carboxylic acids is 1. The summed E-state index contributed by atoms with van der Waals surface area (Å²) in [5, 5.41) is 20.9. The van der Waals surface area contributed by atoms with E-state index in [9.17, 15) is 24.5 Å². The van der Waals surface area contributed by atoms with Crippen LogP contribution in [0.25, 0.3) is 0 Å². The topological polar surface area (TPSA) is 113 Å². The minimum absolute atomic E-state index is 0.0111. The molecule has 2 N–H and O–H groups in total. The lowest BCUT2D eigenvalue weighted by Gasteiger charge is -2.30. The summed E-state index contributed by atoms with van der Waals surface area (Å²) in [5.74, 6) is -3.07. The third-order valence-electron chi connectivity index (χ3n) is 1.52. The van der Waals surface area contributed by atoms with Crippen LogP contribution >= 0.6 is 7.52 Å². The molecule has 0 aliphatic rings. The molecule has 0 bridgehead atoms. The molecule has 0 amide bonds. The summed E-state index contributed by atoms with van der Waals surface area (Å²) >= 11 is 0. The molecule has 14 heavy (non-hydrogen) atoms. The fraction of sp³-hybridized carbons (Fsp3) is 0.857. The average molecular weight is 223 g/mol. The largest absolute Gasteiger partial charge is 0.786 e. The zero-order valence-corrected chi connectivity index (χ0v) is 8.99. The van der Waals surface area contributed by atoms with Crippen LogP contribution in [-0.4, -0.2) is 23.5 Å². The Kier molecular flexibility index (Phi) is 5.29. The Morgan fingerprint density at radius 3 is 2.43 bits per heavy atom. The van der Waals surface area contributed by atoms with Crippen LogP contribution in [0.5, 0.6) is 0 Å². The first kappa shape index (κ1) is 13.6. The number of rotatable bonds is 6. The van der Waals surface area contributed by atoms with Gasteiger partial charge in [0, 0.05) is 6.54 Å². The number of hydrogen-bond acceptors (Lipinski definition) is 5. The van der Waals surface area contributed by atoms with Crippen LogP contribution in [-0.2, 0) is 9.36 Å². The summed E-state index contributed by atoms with van der Waals surface area (Å²) < 4.78 is 11.1. The molecule has 0 heterocycles. The highest BCUT2D eigenvalue weighted by Gasteiger charge is 2.19. The Hall–Kier alpha value is -0.420. The minimum Gasteiger partial charge on any atom is -0.786 e. The summed E-state index contributed by atoms with van der Waals surface area (Å²) in [7, 11) is -4.26. The van der Waals surface area contributed by atoms with Crippen LogP contribution in [0.2, 0.25) is 0 Å². The van der Waals surface area contributed by atoms with Gasteiger partial charge in [0.05, 0.1) is 5.97 Å². The average Bonchev–Trinajstić information content (AvgIpc) is 1.99. The van der Waals surface area contributed by atoms with E-state index in [4.69, 9.17) is 0 Å². The number of aliphatic hydroxyl groups is 1. The maximum Gasteiger partial charge on any atom is 0.107 e. The van der Waals surface area contributed by atoms with Gasteiger partial charge in [0.1, 0.15) is 13.4 Å². The molecule has 0 saturated heterocycles. The summed E-state index contributed by atoms with van der Waals surface area (Å²) in [6.07, 6.45) is 0.0703. The highest BCUT2D eigenvalue weighted by molar-refractivity contribution is 7.55. The van der Waals surface area contributed by atoms with E-state index in [-0.39, 0.29) is 12.3 Å². The minimum atomic E-state index is -4.26. The van der Waals surface area contributed by atoms with Gasteiger partial charge < -0.3 is 24.5 Å². The highest BCUT2D eigenvalue weighted by atomic mass is 31.2. The third kappa shape index (κ3) is 5.34. The van der Waals surface area contributed by atoms with E-state index in [1.165, 1.54) is 0 Å². The van der Waals surface area contributed by atoms with Gasteiger partial charge in [-0.1, -0.05) is 13.8 Å². The summed E-state index contributed by atoms with van der Waals surface area (Å²) in [6.45, 7) is 2.69. The van der Waals surface area contributed by atoms with Crippen molar-refractivity contribution in [3.05, 3.63) is 0 Å². The van der Waals surface area contributed by atoms with Gasteiger partial charge in [0.15, 0.2) is 0 Å². The predicted octanol–water partition coefficient (Wildman–Crippen LogP) is -1.76. The zero-order chi connectivity index (χ0) is 11.4. The molecule has 6 nitrogen and oxygen atoms in total. The van der Waals surface area contributed by atoms with Gasteiger partial charge in [-0.25, -0.2) is 0 Å². The number of carboxylic acid groups (broad SMARTS) is 1. The molecule has 0 aromatic heterocycles. The van der Waals surface area contributed by atoms with Gasteiger partial charge in [-0.2, -0.15) is 0 Å². The standard InChI is InChI=1S/C7H16NO5P/c1-5(2)3-7(11)14(12,13)8-4-6(9)10/h5,7,11H,3-4H2,1-2H3,(H,9,10)(H2,8,12,13)/p-2. The van der Waals surface area contributed by atoms with Gasteiger partial charge in [0.2, 0.25) is 0 Å². The van der Waals surface area contributed by atoms with E-state index in [2.05, 4.69) is 0 Å². The van der Waals surface area contributed by atoms with Crippen LogP contribution in [0.4, 0.5) is 0 Å². The molecule has 7 heteroatoms. The lowest BCUT2D eigenvalue weighted by molar-refractivity contribution is -0.304. The maximum atomic E-state index is 11.1. The van der Waals surface area contributed by atoms with Crippen LogP contribution in [0.3, 0.4) is 0 Å². The Morgan fingerprint density at radius 1 is 1.57 bits per heavy atom. The molecule has 0 aliphatic heterocycles. The van der Waals surface area contributed by atoms with Gasteiger partial charge in [-0.05, 0) is 12.3 Å². The van der Waals surface area contributed by atoms with Gasteiger partial charge >= 0.3 is 0 Å². The van der Waals surface area contributed by atoms with Crippen LogP contribution in [0.15, 0.2) is 0 Å². The lowest BCUT2D eigenvalue weighted by Crippen LogP contribution is -2.38. The molecule has 0 rings (SSSR count). The number of aliphatic hydroxyl groups excluding tert-OH is 1. The van der Waals surface area contributed by atoms with Gasteiger partial charge in [-0.3, -0.25) is 5.09 Å². The monoisotopic (exact) mass is 223 g/mol. The number of carboxylic acids is 1. The summed E-state index contributed by atoms with van der Waals surface area (Å²) in [5.41, 5.74) is 0. The van der Waals surface area contributed by atoms with E-state index < -0.39 is 25.9 Å². The molecule has 0 radical (unpaired) electrons. The van der Waals surface area contributed by atoms with Crippen molar-refractivity contribution in [3.63, 3.8) is 0 Å². The highest BCUT2D eigenvalue weighted by Crippen LogP contribution is 2.38. The van der Waals surface area contributed by atoms with Crippen molar-refractivity contribution in [2.24, 2.45) is 5.92 Å². The molecule has 0 fully saturated rings. The van der Waals surface area contributed by atoms with Gasteiger partial charge in [0.25, 0.3) is 0 Å². The predicted molar refractivity (Wildman–Crippen MR) is 46.1 cm³/mol. The molecule has 0 aromatic rings. The van der Waals surface area contributed by atoms with Crippen LogP contribution in [0.1, 0.15) is 20.3 Å². The quantitative estimate of drug-likeness (QED) is 0.516. The number of carbonyl (C=O) groups is 1. The molecule has 84 valence electrons. The first-order valence-corrected chi connectivity index (χ1v) is 5.89. The fourth-order valence-corrected chi connectivity index (χ4v) is 2.10. The van der Waals surface area contributed by atoms with Crippen molar-refractivity contribution in [3.8, 4) is 0 Å². The van der Waals surface area contributed by atoms with E-state index in [1.54, 1.807) is 18.9 Å². The number of hydrogen-bond donors (Lipinski definition) is 2. The van der Waals surface area contributed by atoms with Crippen molar-refractivity contribution < 1.29 is 24.5 Å². The Balaban J connectivity index is 4.16. The van der Waals surface area contributed by atoms with Crippen molar-refractivity contribution in [1.29, 1.82) is 0 Å². The molecular formula is C7H14NO5P-2. The first-order chi connectivity index (χ1) is 6.25. The fourth-order valence-electron chi connectivity index (χ4n) is 0.841. The molecule has 0 spiro atoms. The van der Waals surface area contributed by atoms with Gasteiger partial charge in [-0.15, -0.1) is 0 Å². The van der Waals surface area contributed by atoms with Crippen LogP contribution in [0, 0.1) is 5.92 Å². The molecule has 0 aromatic carbocycles. The molecule has 0 saturated carbocycles. The van der Waals surface area contributed by atoms with E-state index >= 15 is 0 Å². The summed E-state index contributed by atoms with van der Waals surface area (Å²) in [4.78, 5) is 21.1. The van der Waals surface area contributed by atoms with Crippen LogP contribution < -0.4 is 15.1 Å². The van der Waals surface area contributed by atoms with Crippen molar-refractivity contribution in [1.82, 2.24) is 5.09 Å². The van der Waals surface area contributed by atoms with E-state index in [0.717, 1.165) is 0 Å². The summed E-state index contributed by atoms with van der Waals surface area (Å²) in [6, 6.07) is 0. The van der Waals surface area contributed by atoms with Crippen molar-refractivity contribution in [2.45, 2.75) is 26.1 Å². The molecule has 2 atom stereocenters. The SMILES string of the molecule is CC(C)CC(O)P(=O)([O-])NCC(=O)[O-]. The maximum absolute atomic E-state index is 11.1. The number of nitrogens with one attached hydrogen (secondary N) is 1. The Labute approximate surface area is 82.5 Å². The second-order valence-electron chi connectivity index (χ2n) is 3.41. The van der Waals surface area contributed by atoms with E-state index in [0.29, 0.717) is 0 Å². The smallest absolute Gasteiger partial charge is 0.107 e. The first-order valence-electron chi connectivity index (χ1n) is 4.19. The normalized spacial score (nSPS) is 17.8. The molecular weight excluding hydrogens is 209 g/mol. The number of carbonyl (C=O) groups excluding carboxylic acids is 1. The Bertz CT molecular complexity index is 242. The molecule has 2 unspecified atom stereocenters.